The van der Waals surface area contributed by atoms with Gasteiger partial charge in [-0.3, -0.25) is 9.97 Å². The van der Waals surface area contributed by atoms with Crippen LogP contribution in [-0.2, 0) is 5.41 Å². The second kappa shape index (κ2) is 13.6. The molecule has 0 radical (unpaired) electrons. The molecule has 4 aromatic heterocycles. The van der Waals surface area contributed by atoms with Crippen LogP contribution in [0.1, 0.15) is 22.3 Å². The van der Waals surface area contributed by atoms with Crippen molar-refractivity contribution < 1.29 is 0 Å². The minimum Gasteiger partial charge on any atom is -0.255 e. The standard InChI is InChI=1S/C51H34N4/c1-3-17-39(18-4-1)51(40-19-5-2-6-20-40)43-22-8-7-21-41(43)42-28-27-36(32-44(42)51)35-15-13-16-37(31-35)45-25-14-26-46(54-45)38-33-49(47-23-9-11-29-52-47)55-50(34-38)48-24-10-12-30-53-48/h1-34H. The molecule has 5 aromatic carbocycles. The fourth-order valence-electron chi connectivity index (χ4n) is 8.21. The third-order valence-corrected chi connectivity index (χ3v) is 10.7. The van der Waals surface area contributed by atoms with Crippen molar-refractivity contribution >= 4 is 0 Å². The summed E-state index contributed by atoms with van der Waals surface area (Å²) in [5.41, 5.74) is 16.4. The number of hydrogen-bond acceptors (Lipinski definition) is 4. The number of pyridine rings is 4. The fourth-order valence-corrected chi connectivity index (χ4v) is 8.21. The Morgan fingerprint density at radius 3 is 1.45 bits per heavy atom. The SMILES string of the molecule is c1ccc(C2(c3ccccc3)c3ccccc3-c3ccc(-c4cccc(-c5cccc(-c6cc(-c7ccccn7)nc(-c7ccccn7)c6)n5)c4)cc32)cc1. The van der Waals surface area contributed by atoms with Crippen LogP contribution < -0.4 is 0 Å². The molecule has 0 spiro atoms. The smallest absolute Gasteiger partial charge is 0.0901 e. The lowest BCUT2D eigenvalue weighted by Crippen LogP contribution is -2.28. The Bertz CT molecular complexity index is 2700. The highest BCUT2D eigenvalue weighted by molar-refractivity contribution is 5.89. The van der Waals surface area contributed by atoms with Crippen molar-refractivity contribution in [2.45, 2.75) is 5.41 Å². The van der Waals surface area contributed by atoms with E-state index in [-0.39, 0.29) is 0 Å². The molecule has 4 heterocycles. The molecule has 0 saturated carbocycles. The highest BCUT2D eigenvalue weighted by atomic mass is 14.8. The Morgan fingerprint density at radius 1 is 0.291 bits per heavy atom. The summed E-state index contributed by atoms with van der Waals surface area (Å²) in [7, 11) is 0. The first kappa shape index (κ1) is 32.4. The molecule has 0 fully saturated rings. The van der Waals surface area contributed by atoms with E-state index in [0.717, 1.165) is 56.4 Å². The second-order valence-corrected chi connectivity index (χ2v) is 13.8. The molecule has 4 heteroatoms. The van der Waals surface area contributed by atoms with Gasteiger partial charge in [-0.2, -0.15) is 0 Å². The first-order valence-electron chi connectivity index (χ1n) is 18.5. The average molecular weight is 703 g/mol. The molecule has 9 aromatic rings. The summed E-state index contributed by atoms with van der Waals surface area (Å²) in [6.07, 6.45) is 3.58. The van der Waals surface area contributed by atoms with Gasteiger partial charge in [-0.25, -0.2) is 9.97 Å². The van der Waals surface area contributed by atoms with Crippen LogP contribution >= 0.6 is 0 Å². The van der Waals surface area contributed by atoms with Crippen LogP contribution in [0.15, 0.2) is 207 Å². The van der Waals surface area contributed by atoms with E-state index in [0.29, 0.717) is 0 Å². The Labute approximate surface area is 320 Å². The molecule has 10 rings (SSSR count). The maximum atomic E-state index is 5.24. The minimum absolute atomic E-state index is 0.454. The van der Waals surface area contributed by atoms with E-state index < -0.39 is 5.41 Å². The second-order valence-electron chi connectivity index (χ2n) is 13.8. The van der Waals surface area contributed by atoms with Gasteiger partial charge in [0.2, 0.25) is 0 Å². The van der Waals surface area contributed by atoms with Gasteiger partial charge in [-0.15, -0.1) is 0 Å². The summed E-state index contributed by atoms with van der Waals surface area (Å²) in [5.74, 6) is 0. The third-order valence-electron chi connectivity index (χ3n) is 10.7. The molecule has 0 bridgehead atoms. The van der Waals surface area contributed by atoms with Gasteiger partial charge in [-0.05, 0) is 105 Å². The molecule has 0 amide bonds. The maximum absolute atomic E-state index is 5.24. The van der Waals surface area contributed by atoms with Crippen molar-refractivity contribution in [2.75, 3.05) is 0 Å². The summed E-state index contributed by atoms with van der Waals surface area (Å²) < 4.78 is 0. The van der Waals surface area contributed by atoms with Gasteiger partial charge in [0.15, 0.2) is 0 Å². The van der Waals surface area contributed by atoms with Gasteiger partial charge in [0.05, 0.1) is 39.6 Å². The molecule has 0 N–H and O–H groups in total. The van der Waals surface area contributed by atoms with Gasteiger partial charge in [-0.1, -0.05) is 133 Å². The number of rotatable bonds is 7. The van der Waals surface area contributed by atoms with Crippen LogP contribution in [0.25, 0.3) is 67.5 Å². The minimum atomic E-state index is -0.454. The Morgan fingerprint density at radius 2 is 0.800 bits per heavy atom. The molecule has 1 aliphatic rings. The highest BCUT2D eigenvalue weighted by Gasteiger charge is 2.46. The number of fused-ring (bicyclic) bond motifs is 3. The first-order valence-corrected chi connectivity index (χ1v) is 18.5. The zero-order valence-electron chi connectivity index (χ0n) is 29.9. The molecular formula is C51H34N4. The third kappa shape index (κ3) is 5.63. The van der Waals surface area contributed by atoms with Crippen LogP contribution in [0.3, 0.4) is 0 Å². The van der Waals surface area contributed by atoms with E-state index in [1.54, 1.807) is 12.4 Å². The molecular weight excluding hydrogens is 669 g/mol. The van der Waals surface area contributed by atoms with Crippen LogP contribution in [0, 0.1) is 0 Å². The molecule has 1 aliphatic carbocycles. The van der Waals surface area contributed by atoms with Crippen molar-refractivity contribution in [3.63, 3.8) is 0 Å². The van der Waals surface area contributed by atoms with Gasteiger partial charge in [0.1, 0.15) is 0 Å². The lowest BCUT2D eigenvalue weighted by atomic mass is 9.67. The molecule has 0 saturated heterocycles. The predicted molar refractivity (Wildman–Crippen MR) is 222 cm³/mol. The van der Waals surface area contributed by atoms with Gasteiger partial charge < -0.3 is 0 Å². The Kier molecular flexibility index (Phi) is 8.00. The Balaban J connectivity index is 1.08. The van der Waals surface area contributed by atoms with E-state index in [1.165, 1.54) is 33.4 Å². The Hall–Kier alpha value is -7.30. The molecule has 4 nitrogen and oxygen atoms in total. The van der Waals surface area contributed by atoms with Crippen LogP contribution in [0.2, 0.25) is 0 Å². The van der Waals surface area contributed by atoms with E-state index in [2.05, 4.69) is 168 Å². The summed E-state index contributed by atoms with van der Waals surface area (Å²) in [6.45, 7) is 0. The summed E-state index contributed by atoms with van der Waals surface area (Å²) in [5, 5.41) is 0. The number of nitrogens with zero attached hydrogens (tertiary/aromatic N) is 4. The van der Waals surface area contributed by atoms with E-state index in [1.807, 2.05) is 36.4 Å². The largest absolute Gasteiger partial charge is 0.255 e. The molecule has 258 valence electrons. The fraction of sp³-hybridized carbons (Fsp3) is 0.0196. The van der Waals surface area contributed by atoms with E-state index in [4.69, 9.17) is 9.97 Å². The molecule has 0 atom stereocenters. The zero-order valence-corrected chi connectivity index (χ0v) is 29.9. The summed E-state index contributed by atoms with van der Waals surface area (Å²) in [6, 6.07) is 68.6. The highest BCUT2D eigenvalue weighted by Crippen LogP contribution is 2.56. The number of benzene rings is 5. The summed E-state index contributed by atoms with van der Waals surface area (Å²) in [4.78, 5) is 19.4. The average Bonchev–Trinajstić information content (AvgIpc) is 3.58. The quantitative estimate of drug-likeness (QED) is 0.166. The maximum Gasteiger partial charge on any atom is 0.0901 e. The van der Waals surface area contributed by atoms with Crippen molar-refractivity contribution in [3.05, 3.63) is 229 Å². The predicted octanol–water partition coefficient (Wildman–Crippen LogP) is 12.0. The number of hydrogen-bond donors (Lipinski definition) is 0. The van der Waals surface area contributed by atoms with Crippen molar-refractivity contribution in [1.82, 2.24) is 19.9 Å². The van der Waals surface area contributed by atoms with Gasteiger partial charge >= 0.3 is 0 Å². The molecule has 0 unspecified atom stereocenters. The summed E-state index contributed by atoms with van der Waals surface area (Å²) >= 11 is 0. The van der Waals surface area contributed by atoms with E-state index in [9.17, 15) is 0 Å². The molecule has 0 aliphatic heterocycles. The first-order chi connectivity index (χ1) is 27.3. The van der Waals surface area contributed by atoms with Crippen LogP contribution in [0.4, 0.5) is 0 Å². The van der Waals surface area contributed by atoms with Gasteiger partial charge in [0.25, 0.3) is 0 Å². The van der Waals surface area contributed by atoms with E-state index >= 15 is 0 Å². The topological polar surface area (TPSA) is 51.6 Å². The van der Waals surface area contributed by atoms with Crippen LogP contribution in [-0.4, -0.2) is 19.9 Å². The van der Waals surface area contributed by atoms with Crippen LogP contribution in [0.5, 0.6) is 0 Å². The van der Waals surface area contributed by atoms with Gasteiger partial charge in [0, 0.05) is 23.5 Å². The monoisotopic (exact) mass is 702 g/mol. The van der Waals surface area contributed by atoms with Crippen molar-refractivity contribution in [2.24, 2.45) is 0 Å². The lowest BCUT2D eigenvalue weighted by molar-refractivity contribution is 0.769. The van der Waals surface area contributed by atoms with Crippen molar-refractivity contribution in [1.29, 1.82) is 0 Å². The number of aromatic nitrogens is 4. The van der Waals surface area contributed by atoms with Crippen molar-refractivity contribution in [3.8, 4) is 67.5 Å². The zero-order chi connectivity index (χ0) is 36.6. The normalized spacial score (nSPS) is 12.5. The lowest BCUT2D eigenvalue weighted by Gasteiger charge is -2.34. The molecule has 55 heavy (non-hydrogen) atoms.